The minimum absolute atomic E-state index is 0.124. The summed E-state index contributed by atoms with van der Waals surface area (Å²) < 4.78 is 16.1. The average Bonchev–Trinajstić information content (AvgIpc) is 3.12. The maximum atomic E-state index is 14.2. The van der Waals surface area contributed by atoms with E-state index in [0.717, 1.165) is 68.0 Å². The third kappa shape index (κ3) is 3.99. The number of halogens is 1. The summed E-state index contributed by atoms with van der Waals surface area (Å²) in [4.78, 5) is 28.7. The van der Waals surface area contributed by atoms with Crippen molar-refractivity contribution in [3.63, 3.8) is 0 Å². The van der Waals surface area contributed by atoms with Crippen molar-refractivity contribution >= 4 is 28.4 Å². The average molecular weight is 443 g/mol. The molecular weight excluding hydrogens is 411 g/mol. The van der Waals surface area contributed by atoms with Gasteiger partial charge in [-0.2, -0.15) is 5.10 Å². The van der Waals surface area contributed by atoms with Crippen LogP contribution in [0.15, 0.2) is 18.2 Å². The number of alkyl halides is 1. The Kier molecular flexibility index (Phi) is 5.86. The summed E-state index contributed by atoms with van der Waals surface area (Å²) in [6.07, 6.45) is 0.980. The fourth-order valence-electron chi connectivity index (χ4n) is 5.39. The van der Waals surface area contributed by atoms with Crippen molar-refractivity contribution in [2.24, 2.45) is 13.0 Å². The lowest BCUT2D eigenvalue weighted by molar-refractivity contribution is -0.134. The summed E-state index contributed by atoms with van der Waals surface area (Å²) in [6, 6.07) is 6.14. The van der Waals surface area contributed by atoms with E-state index in [1.54, 1.807) is 0 Å². The number of piperidine rings is 2. The summed E-state index contributed by atoms with van der Waals surface area (Å²) in [7, 11) is 1.91. The van der Waals surface area contributed by atoms with Gasteiger partial charge in [-0.3, -0.25) is 24.5 Å². The largest absolute Gasteiger partial charge is 0.367 e. The van der Waals surface area contributed by atoms with Crippen LogP contribution in [-0.4, -0.2) is 78.5 Å². The van der Waals surface area contributed by atoms with Gasteiger partial charge in [-0.1, -0.05) is 12.1 Å². The zero-order chi connectivity index (χ0) is 22.2. The first kappa shape index (κ1) is 21.3. The lowest BCUT2D eigenvalue weighted by atomic mass is 9.92. The Balaban J connectivity index is 1.33. The molecule has 0 saturated carbocycles. The number of aromatic nitrogens is 2. The Hall–Kier alpha value is -2.52. The topological polar surface area (TPSA) is 82.5 Å². The number of imide groups is 1. The molecule has 0 bridgehead atoms. The van der Waals surface area contributed by atoms with Gasteiger partial charge in [0.1, 0.15) is 6.17 Å². The van der Waals surface area contributed by atoms with Crippen molar-refractivity contribution in [3.05, 3.63) is 23.9 Å². The van der Waals surface area contributed by atoms with Gasteiger partial charge in [-0.05, 0) is 25.5 Å². The number of anilines is 1. The Morgan fingerprint density at radius 3 is 2.72 bits per heavy atom. The van der Waals surface area contributed by atoms with E-state index in [2.05, 4.69) is 26.5 Å². The Labute approximate surface area is 187 Å². The first-order chi connectivity index (χ1) is 15.5. The number of nitrogens with one attached hydrogen (secondary N) is 2. The lowest BCUT2D eigenvalue weighted by Gasteiger charge is -2.39. The quantitative estimate of drug-likeness (QED) is 0.692. The van der Waals surface area contributed by atoms with Crippen LogP contribution in [0, 0.1) is 5.92 Å². The van der Waals surface area contributed by atoms with Crippen molar-refractivity contribution in [1.82, 2.24) is 25.3 Å². The van der Waals surface area contributed by atoms with Gasteiger partial charge in [0.2, 0.25) is 11.8 Å². The number of hydrogen-bond acceptors (Lipinski definition) is 6. The van der Waals surface area contributed by atoms with E-state index in [9.17, 15) is 14.0 Å². The molecule has 3 aliphatic heterocycles. The van der Waals surface area contributed by atoms with E-state index in [1.165, 1.54) is 0 Å². The predicted molar refractivity (Wildman–Crippen MR) is 120 cm³/mol. The highest BCUT2D eigenvalue weighted by atomic mass is 19.1. The van der Waals surface area contributed by atoms with E-state index in [1.807, 2.05) is 23.9 Å². The van der Waals surface area contributed by atoms with Gasteiger partial charge >= 0.3 is 0 Å². The van der Waals surface area contributed by atoms with Gasteiger partial charge in [0.05, 0.1) is 22.8 Å². The Morgan fingerprint density at radius 1 is 1.16 bits per heavy atom. The third-order valence-electron chi connectivity index (χ3n) is 7.19. The van der Waals surface area contributed by atoms with E-state index >= 15 is 0 Å². The molecule has 3 saturated heterocycles. The van der Waals surface area contributed by atoms with Crippen LogP contribution < -0.4 is 15.5 Å². The molecule has 2 aromatic rings. The van der Waals surface area contributed by atoms with Crippen LogP contribution in [-0.2, 0) is 16.6 Å². The van der Waals surface area contributed by atoms with Gasteiger partial charge in [0.25, 0.3) is 0 Å². The van der Waals surface area contributed by atoms with E-state index < -0.39 is 12.1 Å². The molecule has 0 radical (unpaired) electrons. The molecule has 1 aromatic carbocycles. The molecule has 1 aromatic heterocycles. The van der Waals surface area contributed by atoms with Gasteiger partial charge in [-0.25, -0.2) is 4.39 Å². The second-order valence-electron chi connectivity index (χ2n) is 9.24. The molecule has 0 spiro atoms. The van der Waals surface area contributed by atoms with Crippen molar-refractivity contribution in [1.29, 1.82) is 0 Å². The predicted octanol–water partition coefficient (Wildman–Crippen LogP) is 1.16. The van der Waals surface area contributed by atoms with Crippen molar-refractivity contribution in [2.45, 2.75) is 31.4 Å². The first-order valence-corrected chi connectivity index (χ1v) is 11.6. The molecule has 4 heterocycles. The number of carbonyl (C=O) groups excluding carboxylic acids is 2. The highest BCUT2D eigenvalue weighted by Crippen LogP contribution is 2.35. The minimum Gasteiger partial charge on any atom is -0.367 e. The van der Waals surface area contributed by atoms with Crippen LogP contribution >= 0.6 is 0 Å². The number of amides is 2. The van der Waals surface area contributed by atoms with Crippen molar-refractivity contribution in [2.75, 3.05) is 50.7 Å². The molecule has 8 nitrogen and oxygen atoms in total. The first-order valence-electron chi connectivity index (χ1n) is 11.6. The maximum Gasteiger partial charge on any atom is 0.235 e. The van der Waals surface area contributed by atoms with Crippen LogP contribution in [0.1, 0.15) is 30.9 Å². The molecule has 1 unspecified atom stereocenters. The molecular formula is C23H31FN6O2. The number of piperazine rings is 1. The zero-order valence-electron chi connectivity index (χ0n) is 18.5. The van der Waals surface area contributed by atoms with Gasteiger partial charge in [-0.15, -0.1) is 0 Å². The SMILES string of the molecule is Cn1nc(C2CCC(=O)NC2=O)c2cccc(N3CCN(C[C@H]4CCNC[C@@H]4F)CC3)c21. The summed E-state index contributed by atoms with van der Waals surface area (Å²) in [6.45, 7) is 5.77. The Morgan fingerprint density at radius 2 is 1.97 bits per heavy atom. The number of rotatable bonds is 4. The van der Waals surface area contributed by atoms with E-state index in [0.29, 0.717) is 19.4 Å². The summed E-state index contributed by atoms with van der Waals surface area (Å²) in [5.41, 5.74) is 2.87. The number of para-hydroxylation sites is 1. The fraction of sp³-hybridized carbons (Fsp3) is 0.609. The van der Waals surface area contributed by atoms with Crippen LogP contribution in [0.5, 0.6) is 0 Å². The van der Waals surface area contributed by atoms with Crippen molar-refractivity contribution in [3.8, 4) is 0 Å². The lowest BCUT2D eigenvalue weighted by Crippen LogP contribution is -2.50. The second kappa shape index (κ2) is 8.78. The summed E-state index contributed by atoms with van der Waals surface area (Å²) in [5.74, 6) is -0.750. The number of hydrogen-bond donors (Lipinski definition) is 2. The van der Waals surface area contributed by atoms with Gasteiger partial charge < -0.3 is 10.2 Å². The molecule has 9 heteroatoms. The summed E-state index contributed by atoms with van der Waals surface area (Å²) in [5, 5.41) is 11.3. The second-order valence-corrected chi connectivity index (χ2v) is 9.24. The highest BCUT2D eigenvalue weighted by Gasteiger charge is 2.33. The molecule has 172 valence electrons. The maximum absolute atomic E-state index is 14.2. The highest BCUT2D eigenvalue weighted by molar-refractivity contribution is 6.03. The van der Waals surface area contributed by atoms with Crippen LogP contribution in [0.2, 0.25) is 0 Å². The minimum atomic E-state index is -0.754. The normalized spacial score (nSPS) is 27.7. The number of aryl methyl sites for hydroxylation is 1. The molecule has 2 N–H and O–H groups in total. The van der Waals surface area contributed by atoms with Crippen LogP contribution in [0.4, 0.5) is 10.1 Å². The number of benzene rings is 1. The zero-order valence-corrected chi connectivity index (χ0v) is 18.5. The molecule has 3 fully saturated rings. The smallest absolute Gasteiger partial charge is 0.235 e. The third-order valence-corrected chi connectivity index (χ3v) is 7.19. The molecule has 32 heavy (non-hydrogen) atoms. The summed E-state index contributed by atoms with van der Waals surface area (Å²) >= 11 is 0. The standard InChI is InChI=1S/C23H31FN6O2/c1-28-22-16(21(27-28)17-5-6-20(31)26-23(17)32)3-2-4-19(22)30-11-9-29(10-12-30)14-15-7-8-25-13-18(15)24/h2-4,15,17-18,25H,5-14H2,1H3,(H,26,31,32)/t15-,17?,18+/m1/s1. The number of carbonyl (C=O) groups is 2. The van der Waals surface area contributed by atoms with Crippen molar-refractivity contribution < 1.29 is 14.0 Å². The number of nitrogens with zero attached hydrogens (tertiary/aromatic N) is 4. The van der Waals surface area contributed by atoms with Crippen LogP contribution in [0.3, 0.4) is 0 Å². The monoisotopic (exact) mass is 442 g/mol. The van der Waals surface area contributed by atoms with Gasteiger partial charge in [0, 0.05) is 64.0 Å². The van der Waals surface area contributed by atoms with Gasteiger partial charge in [0.15, 0.2) is 0 Å². The fourth-order valence-corrected chi connectivity index (χ4v) is 5.39. The van der Waals surface area contributed by atoms with E-state index in [4.69, 9.17) is 5.10 Å². The molecule has 0 aliphatic carbocycles. The van der Waals surface area contributed by atoms with Crippen LogP contribution in [0.25, 0.3) is 10.9 Å². The number of fused-ring (bicyclic) bond motifs is 1. The molecule has 5 rings (SSSR count). The Bertz CT molecular complexity index is 1020. The van der Waals surface area contributed by atoms with E-state index in [-0.39, 0.29) is 17.7 Å². The molecule has 3 aliphatic rings. The molecule has 2 amide bonds. The molecule has 3 atom stereocenters.